The molecule has 89 valence electrons. The van der Waals surface area contributed by atoms with E-state index in [1.165, 1.54) is 12.3 Å². The van der Waals surface area contributed by atoms with Gasteiger partial charge in [-0.15, -0.1) is 0 Å². The minimum absolute atomic E-state index is 0.124. The second kappa shape index (κ2) is 3.58. The lowest BCUT2D eigenvalue weighted by Crippen LogP contribution is -2.20. The van der Waals surface area contributed by atoms with Crippen LogP contribution >= 0.6 is 11.6 Å². The van der Waals surface area contributed by atoms with Crippen molar-refractivity contribution in [3.63, 3.8) is 0 Å². The van der Waals surface area contributed by atoms with Gasteiger partial charge in [0.25, 0.3) is 5.91 Å². The van der Waals surface area contributed by atoms with E-state index in [0.717, 1.165) is 4.57 Å². The van der Waals surface area contributed by atoms with Gasteiger partial charge < -0.3 is 5.73 Å². The SMILES string of the molecule is NC(=O)n1c(Cl)c2c3c(c[c]cc31)C(=O)NN=C2. The summed E-state index contributed by atoms with van der Waals surface area (Å²) in [4.78, 5) is 23.2. The molecule has 18 heavy (non-hydrogen) atoms. The Balaban J connectivity index is 2.56. The quantitative estimate of drug-likeness (QED) is 0.743. The van der Waals surface area contributed by atoms with Crippen LogP contribution in [0.3, 0.4) is 0 Å². The minimum Gasteiger partial charge on any atom is -0.351 e. The van der Waals surface area contributed by atoms with Gasteiger partial charge >= 0.3 is 6.03 Å². The smallest absolute Gasteiger partial charge is 0.324 e. The molecular weight excluding hydrogens is 256 g/mol. The summed E-state index contributed by atoms with van der Waals surface area (Å²) >= 11 is 6.09. The first-order valence-electron chi connectivity index (χ1n) is 4.98. The van der Waals surface area contributed by atoms with E-state index >= 15 is 0 Å². The first-order valence-corrected chi connectivity index (χ1v) is 5.36. The third-order valence-corrected chi connectivity index (χ3v) is 3.10. The summed E-state index contributed by atoms with van der Waals surface area (Å²) in [5, 5.41) is 4.40. The summed E-state index contributed by atoms with van der Waals surface area (Å²) < 4.78 is 1.12. The number of carbonyl (C=O) groups is 2. The van der Waals surface area contributed by atoms with Crippen molar-refractivity contribution < 1.29 is 9.59 Å². The van der Waals surface area contributed by atoms with Crippen molar-refractivity contribution in [3.8, 4) is 0 Å². The standard InChI is InChI=1S/C11H6ClN4O2/c12-9-6-4-14-15-10(17)5-2-1-3-7(8(5)6)16(9)11(13)18/h2-4H,(H2,13,18)(H,15,17). The van der Waals surface area contributed by atoms with Crippen molar-refractivity contribution in [2.24, 2.45) is 10.8 Å². The average molecular weight is 262 g/mol. The molecule has 0 unspecified atom stereocenters. The van der Waals surface area contributed by atoms with Crippen molar-refractivity contribution in [3.05, 3.63) is 34.5 Å². The van der Waals surface area contributed by atoms with Gasteiger partial charge in [-0.1, -0.05) is 11.6 Å². The molecule has 7 heteroatoms. The second-order valence-electron chi connectivity index (χ2n) is 3.71. The summed E-state index contributed by atoms with van der Waals surface area (Å²) in [6, 6.07) is 5.11. The van der Waals surface area contributed by atoms with Gasteiger partial charge in [0, 0.05) is 10.9 Å². The van der Waals surface area contributed by atoms with E-state index in [1.807, 2.05) is 0 Å². The van der Waals surface area contributed by atoms with Crippen LogP contribution in [0.5, 0.6) is 0 Å². The van der Waals surface area contributed by atoms with Crippen molar-refractivity contribution in [2.45, 2.75) is 0 Å². The minimum atomic E-state index is -0.726. The maximum absolute atomic E-state index is 11.8. The van der Waals surface area contributed by atoms with Crippen LogP contribution in [0.2, 0.25) is 5.15 Å². The summed E-state index contributed by atoms with van der Waals surface area (Å²) in [5.41, 5.74) is 8.88. The fourth-order valence-electron chi connectivity index (χ4n) is 2.00. The van der Waals surface area contributed by atoms with Crippen LogP contribution in [0.15, 0.2) is 17.2 Å². The third-order valence-electron chi connectivity index (χ3n) is 2.73. The van der Waals surface area contributed by atoms with E-state index in [-0.39, 0.29) is 11.1 Å². The second-order valence-corrected chi connectivity index (χ2v) is 4.06. The number of aromatic nitrogens is 1. The van der Waals surface area contributed by atoms with Gasteiger partial charge in [-0.25, -0.2) is 10.2 Å². The number of hydrogen-bond donors (Lipinski definition) is 2. The maximum atomic E-state index is 11.8. The zero-order valence-electron chi connectivity index (χ0n) is 8.90. The topological polar surface area (TPSA) is 89.5 Å². The van der Waals surface area contributed by atoms with Gasteiger partial charge in [0.2, 0.25) is 0 Å². The molecule has 2 heterocycles. The van der Waals surface area contributed by atoms with Gasteiger partial charge in [-0.2, -0.15) is 5.10 Å². The van der Waals surface area contributed by atoms with Crippen molar-refractivity contribution in [1.29, 1.82) is 0 Å². The summed E-state index contributed by atoms with van der Waals surface area (Å²) in [6.45, 7) is 0. The lowest BCUT2D eigenvalue weighted by molar-refractivity contribution is 0.0957. The molecule has 0 bridgehead atoms. The maximum Gasteiger partial charge on any atom is 0.324 e. The predicted octanol–water partition coefficient (Wildman–Crippen LogP) is 1.10. The lowest BCUT2D eigenvalue weighted by Gasteiger charge is -2.02. The van der Waals surface area contributed by atoms with Gasteiger partial charge in [-0.3, -0.25) is 9.36 Å². The molecule has 0 aliphatic carbocycles. The molecule has 1 aromatic heterocycles. The molecule has 3 rings (SSSR count). The number of rotatable bonds is 0. The van der Waals surface area contributed by atoms with Crippen LogP contribution in [0.4, 0.5) is 4.79 Å². The van der Waals surface area contributed by atoms with Gasteiger partial charge in [0.1, 0.15) is 5.15 Å². The predicted molar refractivity (Wildman–Crippen MR) is 65.8 cm³/mol. The van der Waals surface area contributed by atoms with Gasteiger partial charge in [0.15, 0.2) is 0 Å². The zero-order chi connectivity index (χ0) is 12.9. The van der Waals surface area contributed by atoms with Crippen molar-refractivity contribution >= 4 is 40.7 Å². The van der Waals surface area contributed by atoms with Crippen molar-refractivity contribution in [2.75, 3.05) is 0 Å². The molecule has 0 spiro atoms. The number of nitrogens with zero attached hydrogens (tertiary/aromatic N) is 2. The van der Waals surface area contributed by atoms with E-state index in [0.29, 0.717) is 22.0 Å². The summed E-state index contributed by atoms with van der Waals surface area (Å²) in [7, 11) is 0. The molecule has 0 fully saturated rings. The molecule has 0 saturated heterocycles. The molecule has 1 aromatic carbocycles. The van der Waals surface area contributed by atoms with E-state index in [1.54, 1.807) is 6.07 Å². The molecule has 2 amide bonds. The largest absolute Gasteiger partial charge is 0.351 e. The molecular formula is C11H6ClN4O2. The monoisotopic (exact) mass is 261 g/mol. The first-order chi connectivity index (χ1) is 8.61. The van der Waals surface area contributed by atoms with Crippen LogP contribution in [0, 0.1) is 6.07 Å². The highest BCUT2D eigenvalue weighted by Gasteiger charge is 2.24. The number of benzene rings is 1. The van der Waals surface area contributed by atoms with Gasteiger partial charge in [-0.05, 0) is 18.2 Å². The fraction of sp³-hybridized carbons (Fsp3) is 0. The number of primary amides is 1. The van der Waals surface area contributed by atoms with Crippen LogP contribution in [0.25, 0.3) is 10.9 Å². The normalized spacial score (nSPS) is 13.5. The van der Waals surface area contributed by atoms with Crippen LogP contribution in [-0.4, -0.2) is 22.7 Å². The Morgan fingerprint density at radius 2 is 2.28 bits per heavy atom. The lowest BCUT2D eigenvalue weighted by atomic mass is 10.1. The first kappa shape index (κ1) is 10.8. The number of nitrogens with two attached hydrogens (primary N) is 1. The van der Waals surface area contributed by atoms with E-state index < -0.39 is 6.03 Å². The number of nitrogens with one attached hydrogen (secondary N) is 1. The molecule has 3 N–H and O–H groups in total. The Morgan fingerprint density at radius 1 is 1.50 bits per heavy atom. The Morgan fingerprint density at radius 3 is 3.00 bits per heavy atom. The van der Waals surface area contributed by atoms with Crippen LogP contribution in [0.1, 0.15) is 15.9 Å². The molecule has 1 radical (unpaired) electrons. The Kier molecular flexibility index (Phi) is 2.14. The highest BCUT2D eigenvalue weighted by Crippen LogP contribution is 2.31. The number of amides is 2. The Labute approximate surface area is 106 Å². The average Bonchev–Trinajstić information content (AvgIpc) is 2.50. The van der Waals surface area contributed by atoms with E-state index in [4.69, 9.17) is 17.3 Å². The Hall–Kier alpha value is -2.34. The summed E-state index contributed by atoms with van der Waals surface area (Å²) in [6.07, 6.45) is 1.39. The van der Waals surface area contributed by atoms with Crippen LogP contribution < -0.4 is 11.2 Å². The molecule has 2 aromatic rings. The fourth-order valence-corrected chi connectivity index (χ4v) is 2.32. The highest BCUT2D eigenvalue weighted by molar-refractivity contribution is 6.36. The molecule has 1 aliphatic heterocycles. The van der Waals surface area contributed by atoms with E-state index in [9.17, 15) is 9.59 Å². The number of hydrazone groups is 1. The molecule has 0 saturated carbocycles. The van der Waals surface area contributed by atoms with Crippen LogP contribution in [-0.2, 0) is 0 Å². The summed E-state index contributed by atoms with van der Waals surface area (Å²) in [5.74, 6) is -0.384. The third kappa shape index (κ3) is 1.26. The Bertz CT molecular complexity index is 732. The number of carbonyl (C=O) groups excluding carboxylic acids is 2. The molecule has 1 aliphatic rings. The highest BCUT2D eigenvalue weighted by atomic mass is 35.5. The molecule has 6 nitrogen and oxygen atoms in total. The van der Waals surface area contributed by atoms with Crippen molar-refractivity contribution in [1.82, 2.24) is 9.99 Å². The van der Waals surface area contributed by atoms with Gasteiger partial charge in [0.05, 0.1) is 17.3 Å². The molecule has 0 atom stereocenters. The van der Waals surface area contributed by atoms with E-state index in [2.05, 4.69) is 16.6 Å². The zero-order valence-corrected chi connectivity index (χ0v) is 9.65. The number of halogens is 1. The number of hydrogen-bond acceptors (Lipinski definition) is 3.